The third-order valence-corrected chi connectivity index (χ3v) is 3.78. The van der Waals surface area contributed by atoms with Crippen molar-refractivity contribution in [3.63, 3.8) is 0 Å². The van der Waals surface area contributed by atoms with E-state index in [2.05, 4.69) is 18.7 Å². The van der Waals surface area contributed by atoms with Gasteiger partial charge in [-0.25, -0.2) is 0 Å². The fourth-order valence-corrected chi connectivity index (χ4v) is 2.45. The summed E-state index contributed by atoms with van der Waals surface area (Å²) in [7, 11) is 0. The van der Waals surface area contributed by atoms with Gasteiger partial charge in [-0.2, -0.15) is 0 Å². The topological polar surface area (TPSA) is 79.2 Å². The van der Waals surface area contributed by atoms with Crippen LogP contribution >= 0.6 is 0 Å². The average molecular weight is 339 g/mol. The third-order valence-electron chi connectivity index (χ3n) is 3.78. The zero-order chi connectivity index (χ0) is 18.1. The number of carbonyl (C=O) groups excluding carboxylic acids is 1. The Morgan fingerprint density at radius 2 is 1.58 bits per heavy atom. The Morgan fingerprint density at radius 3 is 2.04 bits per heavy atom. The number of ketones is 1. The van der Waals surface area contributed by atoms with E-state index in [9.17, 15) is 15.0 Å². The van der Waals surface area contributed by atoms with Gasteiger partial charge in [0.1, 0.15) is 25.4 Å². The van der Waals surface area contributed by atoms with Crippen molar-refractivity contribution in [1.29, 1.82) is 0 Å². The smallest absolute Gasteiger partial charge is 0.187 e. The summed E-state index contributed by atoms with van der Waals surface area (Å²) in [5.41, 5.74) is 1.64. The van der Waals surface area contributed by atoms with Gasteiger partial charge in [-0.15, -0.1) is 0 Å². The maximum atomic E-state index is 11.0. The molecule has 2 rings (SSSR count). The van der Waals surface area contributed by atoms with Crippen LogP contribution in [0.2, 0.25) is 0 Å². The van der Waals surface area contributed by atoms with Crippen LogP contribution < -0.4 is 4.90 Å². The Labute approximate surface area is 144 Å². The molecule has 1 fully saturated rings. The zero-order valence-electron chi connectivity index (χ0n) is 14.9. The SMILES string of the molecule is CC.CCN(CC)c1ccc(C(O)C(O)C2OCC(=O)CO2)cc1. The first kappa shape index (κ1) is 20.6. The predicted molar refractivity (Wildman–Crippen MR) is 93.0 cm³/mol. The minimum Gasteiger partial charge on any atom is -0.385 e. The Hall–Kier alpha value is -1.47. The number of aliphatic hydroxyl groups excluding tert-OH is 2. The van der Waals surface area contributed by atoms with E-state index in [0.29, 0.717) is 5.56 Å². The summed E-state index contributed by atoms with van der Waals surface area (Å²) in [6.07, 6.45) is -3.37. The monoisotopic (exact) mass is 339 g/mol. The van der Waals surface area contributed by atoms with Gasteiger partial charge in [0.2, 0.25) is 0 Å². The maximum absolute atomic E-state index is 11.0. The van der Waals surface area contributed by atoms with Crippen LogP contribution in [0, 0.1) is 0 Å². The second-order valence-corrected chi connectivity index (χ2v) is 5.23. The van der Waals surface area contributed by atoms with Gasteiger partial charge in [0.25, 0.3) is 0 Å². The number of benzene rings is 1. The van der Waals surface area contributed by atoms with Crippen molar-refractivity contribution in [1.82, 2.24) is 0 Å². The van der Waals surface area contributed by atoms with Crippen LogP contribution in [0.1, 0.15) is 39.4 Å². The first-order chi connectivity index (χ1) is 11.6. The van der Waals surface area contributed by atoms with Crippen molar-refractivity contribution in [2.75, 3.05) is 31.2 Å². The summed E-state index contributed by atoms with van der Waals surface area (Å²) < 4.78 is 10.2. The van der Waals surface area contributed by atoms with Crippen LogP contribution in [-0.4, -0.2) is 54.7 Å². The highest BCUT2D eigenvalue weighted by Crippen LogP contribution is 2.24. The molecule has 1 aromatic carbocycles. The quantitative estimate of drug-likeness (QED) is 0.824. The molecule has 6 heteroatoms. The van der Waals surface area contributed by atoms with E-state index in [1.54, 1.807) is 12.1 Å². The van der Waals surface area contributed by atoms with E-state index in [-0.39, 0.29) is 19.0 Å². The molecule has 1 heterocycles. The Kier molecular flexibility index (Phi) is 8.92. The summed E-state index contributed by atoms with van der Waals surface area (Å²) in [4.78, 5) is 13.2. The van der Waals surface area contributed by atoms with Crippen molar-refractivity contribution < 1.29 is 24.5 Å². The maximum Gasteiger partial charge on any atom is 0.187 e. The molecule has 0 radical (unpaired) electrons. The van der Waals surface area contributed by atoms with Gasteiger partial charge in [-0.3, -0.25) is 4.79 Å². The number of aliphatic hydroxyl groups is 2. The van der Waals surface area contributed by atoms with Gasteiger partial charge in [0, 0.05) is 18.8 Å². The van der Waals surface area contributed by atoms with Gasteiger partial charge in [0.15, 0.2) is 12.1 Å². The number of hydrogen-bond donors (Lipinski definition) is 2. The average Bonchev–Trinajstić information content (AvgIpc) is 2.64. The summed E-state index contributed by atoms with van der Waals surface area (Å²) in [5.74, 6) is -0.179. The lowest BCUT2D eigenvalue weighted by Crippen LogP contribution is -2.42. The molecule has 0 bridgehead atoms. The van der Waals surface area contributed by atoms with E-state index in [0.717, 1.165) is 18.8 Å². The number of anilines is 1. The van der Waals surface area contributed by atoms with Crippen LogP contribution in [0.3, 0.4) is 0 Å². The number of ether oxygens (including phenoxy) is 2. The summed E-state index contributed by atoms with van der Waals surface area (Å²) >= 11 is 0. The van der Waals surface area contributed by atoms with E-state index in [1.165, 1.54) is 0 Å². The number of Topliss-reactive ketones (excluding diaryl/α,β-unsaturated/α-hetero) is 1. The number of hydrogen-bond acceptors (Lipinski definition) is 6. The minimum atomic E-state index is -1.24. The molecule has 6 nitrogen and oxygen atoms in total. The van der Waals surface area contributed by atoms with Gasteiger partial charge < -0.3 is 24.6 Å². The Morgan fingerprint density at radius 1 is 1.08 bits per heavy atom. The molecule has 0 amide bonds. The fourth-order valence-electron chi connectivity index (χ4n) is 2.45. The van der Waals surface area contributed by atoms with Crippen LogP contribution in [-0.2, 0) is 14.3 Å². The molecule has 0 aliphatic carbocycles. The lowest BCUT2D eigenvalue weighted by atomic mass is 10.0. The van der Waals surface area contributed by atoms with Crippen LogP contribution in [0.5, 0.6) is 0 Å². The Bertz CT molecular complexity index is 477. The summed E-state index contributed by atoms with van der Waals surface area (Å²) in [6, 6.07) is 7.36. The first-order valence-electron chi connectivity index (χ1n) is 8.52. The minimum absolute atomic E-state index is 0.102. The molecule has 2 unspecified atom stereocenters. The van der Waals surface area contributed by atoms with E-state index in [4.69, 9.17) is 9.47 Å². The number of nitrogens with zero attached hydrogens (tertiary/aromatic N) is 1. The van der Waals surface area contributed by atoms with Gasteiger partial charge in [0.05, 0.1) is 0 Å². The van der Waals surface area contributed by atoms with E-state index >= 15 is 0 Å². The second kappa shape index (κ2) is 10.4. The third kappa shape index (κ3) is 5.27. The largest absolute Gasteiger partial charge is 0.385 e. The molecule has 0 saturated carbocycles. The molecule has 1 aliphatic heterocycles. The summed E-state index contributed by atoms with van der Waals surface area (Å²) in [5, 5.41) is 20.4. The van der Waals surface area contributed by atoms with Gasteiger partial charge in [-0.05, 0) is 31.5 Å². The molecule has 0 spiro atoms. The number of carbonyl (C=O) groups is 1. The van der Waals surface area contributed by atoms with Crippen molar-refractivity contribution >= 4 is 11.5 Å². The molecular formula is C18H29NO5. The highest BCUT2D eigenvalue weighted by molar-refractivity contribution is 5.81. The van der Waals surface area contributed by atoms with E-state index in [1.807, 2.05) is 26.0 Å². The van der Waals surface area contributed by atoms with E-state index < -0.39 is 18.5 Å². The highest BCUT2D eigenvalue weighted by atomic mass is 16.7. The molecular weight excluding hydrogens is 310 g/mol. The molecule has 2 N–H and O–H groups in total. The van der Waals surface area contributed by atoms with Crippen LogP contribution in [0.25, 0.3) is 0 Å². The molecule has 2 atom stereocenters. The molecule has 1 aromatic rings. The van der Waals surface area contributed by atoms with Crippen molar-refractivity contribution in [3.8, 4) is 0 Å². The van der Waals surface area contributed by atoms with Crippen LogP contribution in [0.15, 0.2) is 24.3 Å². The summed E-state index contributed by atoms with van der Waals surface area (Å²) in [6.45, 7) is 9.76. The number of rotatable bonds is 6. The van der Waals surface area contributed by atoms with Crippen molar-refractivity contribution in [3.05, 3.63) is 29.8 Å². The lowest BCUT2D eigenvalue weighted by molar-refractivity contribution is -0.233. The van der Waals surface area contributed by atoms with Crippen LogP contribution in [0.4, 0.5) is 5.69 Å². The molecule has 0 aromatic heterocycles. The molecule has 1 aliphatic rings. The standard InChI is InChI=1S/C16H23NO5.C2H6/c1-3-17(4-2)12-7-5-11(6-8-12)14(19)15(20)16-21-9-13(18)10-22-16;1-2/h5-8,14-16,19-20H,3-4,9-10H2,1-2H3;1-2H3. The molecule has 24 heavy (non-hydrogen) atoms. The normalized spacial score (nSPS) is 17.7. The first-order valence-corrected chi connectivity index (χ1v) is 8.52. The Balaban J connectivity index is 0.00000139. The van der Waals surface area contributed by atoms with Gasteiger partial charge >= 0.3 is 0 Å². The van der Waals surface area contributed by atoms with Crippen molar-refractivity contribution in [2.24, 2.45) is 0 Å². The van der Waals surface area contributed by atoms with Crippen molar-refractivity contribution in [2.45, 2.75) is 46.2 Å². The zero-order valence-corrected chi connectivity index (χ0v) is 14.9. The fraction of sp³-hybridized carbons (Fsp3) is 0.611. The highest BCUT2D eigenvalue weighted by Gasteiger charge is 2.32. The lowest BCUT2D eigenvalue weighted by Gasteiger charge is -2.29. The molecule has 1 saturated heterocycles. The predicted octanol–water partition coefficient (Wildman–Crippen LogP) is 1.90. The van der Waals surface area contributed by atoms with Gasteiger partial charge in [-0.1, -0.05) is 26.0 Å². The molecule has 136 valence electrons. The second-order valence-electron chi connectivity index (χ2n) is 5.23.